The molecule has 2 unspecified atom stereocenters. The Morgan fingerprint density at radius 1 is 1.50 bits per heavy atom. The second kappa shape index (κ2) is 2.71. The molecule has 0 aromatic rings. The number of carbonyl (C=O) groups excluding carboxylic acids is 1. The van der Waals surface area contributed by atoms with E-state index in [2.05, 4.69) is 0 Å². The second-order valence-electron chi connectivity index (χ2n) is 3.55. The molecule has 0 radical (unpaired) electrons. The van der Waals surface area contributed by atoms with Gasteiger partial charge in [-0.15, -0.1) is 0 Å². The van der Waals surface area contributed by atoms with Crippen LogP contribution in [-0.4, -0.2) is 23.5 Å². The SMILES string of the molecule is CC(C)C(=O)ON1C2CCC1O2. The summed E-state index contributed by atoms with van der Waals surface area (Å²) in [6.07, 6.45) is 2.04. The quantitative estimate of drug-likeness (QED) is 0.618. The molecular formula is C8H13NO3. The Morgan fingerprint density at radius 2 is 2.08 bits per heavy atom. The van der Waals surface area contributed by atoms with Gasteiger partial charge >= 0.3 is 5.97 Å². The molecule has 0 N–H and O–H groups in total. The van der Waals surface area contributed by atoms with Crippen LogP contribution >= 0.6 is 0 Å². The lowest BCUT2D eigenvalue weighted by Gasteiger charge is -2.37. The third kappa shape index (κ3) is 1.11. The summed E-state index contributed by atoms with van der Waals surface area (Å²) in [5.74, 6) is -0.236. The van der Waals surface area contributed by atoms with E-state index in [1.807, 2.05) is 13.8 Å². The number of hydrogen-bond donors (Lipinski definition) is 0. The maximum atomic E-state index is 11.1. The van der Waals surface area contributed by atoms with Crippen LogP contribution in [0.3, 0.4) is 0 Å². The van der Waals surface area contributed by atoms with Crippen molar-refractivity contribution in [1.82, 2.24) is 5.06 Å². The minimum atomic E-state index is -0.171. The summed E-state index contributed by atoms with van der Waals surface area (Å²) in [6, 6.07) is 0. The van der Waals surface area contributed by atoms with Crippen molar-refractivity contribution in [2.24, 2.45) is 5.92 Å². The van der Waals surface area contributed by atoms with Crippen LogP contribution in [0.4, 0.5) is 0 Å². The highest BCUT2D eigenvalue weighted by Gasteiger charge is 2.49. The first kappa shape index (κ1) is 8.01. The third-order valence-corrected chi connectivity index (χ3v) is 2.21. The van der Waals surface area contributed by atoms with E-state index in [4.69, 9.17) is 9.57 Å². The highest BCUT2D eigenvalue weighted by Crippen LogP contribution is 2.37. The number of rotatable bonds is 2. The summed E-state index contributed by atoms with van der Waals surface area (Å²) in [5.41, 5.74) is 0. The lowest BCUT2D eigenvalue weighted by molar-refractivity contribution is -0.370. The number of carbonyl (C=O) groups is 1. The molecule has 3 heterocycles. The summed E-state index contributed by atoms with van der Waals surface area (Å²) in [5, 5.41) is 1.67. The van der Waals surface area contributed by atoms with E-state index < -0.39 is 0 Å². The van der Waals surface area contributed by atoms with Gasteiger partial charge in [0.2, 0.25) is 0 Å². The van der Waals surface area contributed by atoms with Gasteiger partial charge in [-0.25, -0.2) is 0 Å². The largest absolute Gasteiger partial charge is 0.363 e. The second-order valence-corrected chi connectivity index (χ2v) is 3.55. The Labute approximate surface area is 71.4 Å². The van der Waals surface area contributed by atoms with Crippen molar-refractivity contribution < 1.29 is 14.4 Å². The fourth-order valence-electron chi connectivity index (χ4n) is 1.43. The average Bonchev–Trinajstić information content (AvgIpc) is 2.58. The Balaban J connectivity index is 1.85. The van der Waals surface area contributed by atoms with E-state index in [9.17, 15) is 4.79 Å². The summed E-state index contributed by atoms with van der Waals surface area (Å²) in [7, 11) is 0. The molecule has 4 heteroatoms. The fraction of sp³-hybridized carbons (Fsp3) is 0.875. The molecule has 4 nitrogen and oxygen atoms in total. The maximum absolute atomic E-state index is 11.1. The van der Waals surface area contributed by atoms with Gasteiger partial charge in [0, 0.05) is 0 Å². The Kier molecular flexibility index (Phi) is 1.81. The molecule has 0 amide bonds. The summed E-state index contributed by atoms with van der Waals surface area (Å²) >= 11 is 0. The van der Waals surface area contributed by atoms with Gasteiger partial charge in [-0.3, -0.25) is 4.79 Å². The van der Waals surface area contributed by atoms with E-state index in [1.165, 1.54) is 0 Å². The first-order valence-electron chi connectivity index (χ1n) is 4.34. The van der Waals surface area contributed by atoms with Crippen LogP contribution in [0.15, 0.2) is 0 Å². The van der Waals surface area contributed by atoms with Crippen LogP contribution in [-0.2, 0) is 14.4 Å². The molecule has 3 aliphatic rings. The Bertz CT molecular complexity index is 190. The van der Waals surface area contributed by atoms with E-state index in [0.29, 0.717) is 0 Å². The molecular weight excluding hydrogens is 158 g/mol. The molecule has 0 aromatic carbocycles. The normalized spacial score (nSPS) is 33.6. The van der Waals surface area contributed by atoms with Gasteiger partial charge in [-0.2, -0.15) is 0 Å². The van der Waals surface area contributed by atoms with Crippen molar-refractivity contribution in [1.29, 1.82) is 0 Å². The van der Waals surface area contributed by atoms with Crippen molar-refractivity contribution in [3.63, 3.8) is 0 Å². The van der Waals surface area contributed by atoms with Gasteiger partial charge in [0.1, 0.15) is 12.5 Å². The van der Waals surface area contributed by atoms with Crippen LogP contribution in [0.5, 0.6) is 0 Å². The molecule has 3 saturated heterocycles. The predicted octanol–water partition coefficient (Wildman–Crippen LogP) is 0.879. The molecule has 12 heavy (non-hydrogen) atoms. The minimum Gasteiger partial charge on any atom is -0.363 e. The minimum absolute atomic E-state index is 0.0395. The zero-order valence-electron chi connectivity index (χ0n) is 7.32. The zero-order chi connectivity index (χ0) is 8.72. The monoisotopic (exact) mass is 171 g/mol. The first-order chi connectivity index (χ1) is 5.68. The van der Waals surface area contributed by atoms with E-state index in [-0.39, 0.29) is 24.3 Å². The number of hydroxylamine groups is 2. The number of ether oxygens (including phenoxy) is 1. The van der Waals surface area contributed by atoms with Gasteiger partial charge in [0.15, 0.2) is 0 Å². The van der Waals surface area contributed by atoms with Crippen LogP contribution in [0.25, 0.3) is 0 Å². The first-order valence-corrected chi connectivity index (χ1v) is 4.34. The van der Waals surface area contributed by atoms with Gasteiger partial charge in [0.25, 0.3) is 0 Å². The van der Waals surface area contributed by atoms with Crippen molar-refractivity contribution in [3.05, 3.63) is 0 Å². The maximum Gasteiger partial charge on any atom is 0.327 e. The van der Waals surface area contributed by atoms with Crippen LogP contribution in [0, 0.1) is 5.92 Å². The molecule has 0 aromatic heterocycles. The Morgan fingerprint density at radius 3 is 2.50 bits per heavy atom. The van der Waals surface area contributed by atoms with Gasteiger partial charge in [0.05, 0.1) is 5.92 Å². The van der Waals surface area contributed by atoms with Gasteiger partial charge < -0.3 is 9.57 Å². The standard InChI is InChI=1S/C8H13NO3/c1-5(2)8(10)12-9-6-3-4-7(9)11-6/h5-7H,3-4H2,1-2H3. The van der Waals surface area contributed by atoms with Crippen LogP contribution in [0.2, 0.25) is 0 Å². The average molecular weight is 171 g/mol. The highest BCUT2D eigenvalue weighted by molar-refractivity contribution is 5.71. The van der Waals surface area contributed by atoms with Gasteiger partial charge in [-0.1, -0.05) is 18.9 Å². The van der Waals surface area contributed by atoms with E-state index in [0.717, 1.165) is 12.8 Å². The van der Waals surface area contributed by atoms with Crippen molar-refractivity contribution >= 4 is 5.97 Å². The fourth-order valence-corrected chi connectivity index (χ4v) is 1.43. The molecule has 0 spiro atoms. The molecule has 68 valence electrons. The molecule has 2 atom stereocenters. The summed E-state index contributed by atoms with van der Waals surface area (Å²) < 4.78 is 5.29. The predicted molar refractivity (Wildman–Crippen MR) is 40.7 cm³/mol. The number of nitrogens with zero attached hydrogens (tertiary/aromatic N) is 1. The smallest absolute Gasteiger partial charge is 0.327 e. The van der Waals surface area contributed by atoms with E-state index >= 15 is 0 Å². The number of fused-ring (bicyclic) bond motifs is 1. The van der Waals surface area contributed by atoms with Crippen molar-refractivity contribution in [2.45, 2.75) is 39.1 Å². The van der Waals surface area contributed by atoms with Crippen molar-refractivity contribution in [3.8, 4) is 0 Å². The lowest BCUT2D eigenvalue weighted by Crippen LogP contribution is -2.52. The highest BCUT2D eigenvalue weighted by atomic mass is 16.8. The molecule has 0 aliphatic carbocycles. The Hall–Kier alpha value is -0.610. The lowest BCUT2D eigenvalue weighted by atomic mass is 10.2. The van der Waals surface area contributed by atoms with Crippen LogP contribution < -0.4 is 0 Å². The molecule has 0 saturated carbocycles. The van der Waals surface area contributed by atoms with E-state index in [1.54, 1.807) is 5.06 Å². The zero-order valence-corrected chi connectivity index (χ0v) is 7.32. The molecule has 2 bridgehead atoms. The topological polar surface area (TPSA) is 38.8 Å². The molecule has 3 fully saturated rings. The summed E-state index contributed by atoms with van der Waals surface area (Å²) in [6.45, 7) is 3.65. The van der Waals surface area contributed by atoms with Crippen molar-refractivity contribution in [2.75, 3.05) is 0 Å². The third-order valence-electron chi connectivity index (χ3n) is 2.21. The van der Waals surface area contributed by atoms with Crippen LogP contribution in [0.1, 0.15) is 26.7 Å². The molecule has 3 rings (SSSR count). The number of hydrogen-bond acceptors (Lipinski definition) is 4. The molecule has 3 aliphatic heterocycles. The van der Waals surface area contributed by atoms with Gasteiger partial charge in [-0.05, 0) is 12.8 Å². The summed E-state index contributed by atoms with van der Waals surface area (Å²) in [4.78, 5) is 16.2.